The molecule has 0 unspecified atom stereocenters. The molecule has 10 nitrogen and oxygen atoms in total. The fraction of sp³-hybridized carbons (Fsp3) is 0.185. The number of nitrogens with zero attached hydrogens (tertiary/aromatic N) is 2. The normalized spacial score (nSPS) is 18.5. The van der Waals surface area contributed by atoms with Crippen LogP contribution in [-0.4, -0.2) is 58.2 Å². The molecule has 11 rings (SSSR count). The third-order valence-corrected chi connectivity index (χ3v) is 12.5. The first-order valence-corrected chi connectivity index (χ1v) is 21.6. The van der Waals surface area contributed by atoms with E-state index in [1.807, 2.05) is 164 Å². The molecule has 4 atom stereocenters. The van der Waals surface area contributed by atoms with E-state index in [9.17, 15) is 9.59 Å². The van der Waals surface area contributed by atoms with E-state index in [2.05, 4.69) is 9.55 Å². The Balaban J connectivity index is 1.10. The second kappa shape index (κ2) is 16.9. The van der Waals surface area contributed by atoms with E-state index < -0.39 is 24.5 Å². The van der Waals surface area contributed by atoms with Gasteiger partial charge in [0.2, 0.25) is 0 Å². The molecule has 1 N–H and O–H groups in total. The van der Waals surface area contributed by atoms with E-state index in [1.165, 1.54) is 4.90 Å². The maximum absolute atomic E-state index is 14.4. The lowest BCUT2D eigenvalue weighted by molar-refractivity contribution is -0.0910. The van der Waals surface area contributed by atoms with Crippen LogP contribution >= 0.6 is 0 Å². The average molecular weight is 848 g/mol. The minimum absolute atomic E-state index is 0.230. The van der Waals surface area contributed by atoms with Gasteiger partial charge in [-0.1, -0.05) is 140 Å². The van der Waals surface area contributed by atoms with Crippen LogP contribution in [0.15, 0.2) is 164 Å². The Bertz CT molecular complexity index is 3150. The Morgan fingerprint density at radius 3 is 1.77 bits per heavy atom. The number of nitrogens with one attached hydrogen (secondary N) is 1. The van der Waals surface area contributed by atoms with Gasteiger partial charge in [-0.2, -0.15) is 0 Å². The number of hydrogen-bond acceptors (Lipinski definition) is 7. The number of hydrogen-bond donors (Lipinski definition) is 1. The predicted octanol–water partition coefficient (Wildman–Crippen LogP) is 10.5. The van der Waals surface area contributed by atoms with Crippen LogP contribution in [0.1, 0.15) is 49.2 Å². The molecule has 0 bridgehead atoms. The van der Waals surface area contributed by atoms with Gasteiger partial charge < -0.3 is 33.2 Å². The standard InChI is InChI=1S/C54H45N3O7/c1-56-52(58)46-44-39-27-26-38(61-30-35-18-8-3-9-19-35)28-41(39)55-48(44)49-45(47(46)53(56)59)40-24-14-15-25-42(40)57(49)54-51(63-32-37-22-12-5-13-23-37)50(62-31-36-20-10-4-11-21-36)43(64-54)33-60-29-34-16-6-2-7-17-34/h2-28,43,50-51,54-55H,29-33H2,1H3/t43-,50-,51-,54-/m1/s1. The molecule has 10 heteroatoms. The highest BCUT2D eigenvalue weighted by Crippen LogP contribution is 2.48. The van der Waals surface area contributed by atoms with Crippen molar-refractivity contribution in [2.75, 3.05) is 13.7 Å². The SMILES string of the molecule is CN1C(=O)c2c(c3c4ccccc4n([C@@H]4O[C@H](COCc5ccccc5)[C@@H](OCc5ccccc5)[C@H]4OCc4ccccc4)c3c3[nH]c4cc(OCc5ccccc5)ccc4c23)C1=O. The van der Waals surface area contributed by atoms with Gasteiger partial charge in [0, 0.05) is 34.7 Å². The van der Waals surface area contributed by atoms with Crippen molar-refractivity contribution in [3.63, 3.8) is 0 Å². The number of para-hydroxylation sites is 1. The Hall–Kier alpha value is -7.08. The van der Waals surface area contributed by atoms with Gasteiger partial charge in [-0.3, -0.25) is 14.5 Å². The van der Waals surface area contributed by atoms with E-state index in [1.54, 1.807) is 7.05 Å². The van der Waals surface area contributed by atoms with Gasteiger partial charge in [0.1, 0.15) is 30.7 Å². The van der Waals surface area contributed by atoms with Crippen LogP contribution in [0.3, 0.4) is 0 Å². The number of H-pyrrole nitrogens is 1. The van der Waals surface area contributed by atoms with Crippen molar-refractivity contribution in [2.45, 2.75) is 51.0 Å². The second-order valence-electron chi connectivity index (χ2n) is 16.5. The molecule has 0 spiro atoms. The summed E-state index contributed by atoms with van der Waals surface area (Å²) in [4.78, 5) is 33.6. The molecule has 0 saturated carbocycles. The van der Waals surface area contributed by atoms with Crippen molar-refractivity contribution in [1.82, 2.24) is 14.5 Å². The third kappa shape index (κ3) is 7.10. The van der Waals surface area contributed by atoms with Gasteiger partial charge in [-0.25, -0.2) is 0 Å². The quantitative estimate of drug-likeness (QED) is 0.109. The first kappa shape index (κ1) is 39.7. The van der Waals surface area contributed by atoms with Crippen molar-refractivity contribution in [3.05, 3.63) is 197 Å². The summed E-state index contributed by atoms with van der Waals surface area (Å²) in [5, 5.41) is 2.95. The smallest absolute Gasteiger partial charge is 0.262 e. The van der Waals surface area contributed by atoms with E-state index in [0.717, 1.165) is 49.6 Å². The molecule has 64 heavy (non-hydrogen) atoms. The van der Waals surface area contributed by atoms with Gasteiger partial charge in [0.05, 0.1) is 59.6 Å². The number of ether oxygens (including phenoxy) is 5. The van der Waals surface area contributed by atoms with E-state index >= 15 is 0 Å². The highest BCUT2D eigenvalue weighted by molar-refractivity contribution is 6.39. The molecule has 1 saturated heterocycles. The van der Waals surface area contributed by atoms with Crippen molar-refractivity contribution < 1.29 is 33.3 Å². The summed E-state index contributed by atoms with van der Waals surface area (Å²) in [5.41, 5.74) is 7.87. The lowest BCUT2D eigenvalue weighted by atomic mass is 9.96. The van der Waals surface area contributed by atoms with Crippen molar-refractivity contribution >= 4 is 55.4 Å². The number of amides is 2. The second-order valence-corrected chi connectivity index (χ2v) is 16.5. The van der Waals surface area contributed by atoms with Gasteiger partial charge in [-0.15, -0.1) is 0 Å². The summed E-state index contributed by atoms with van der Waals surface area (Å²) in [6.45, 7) is 1.64. The van der Waals surface area contributed by atoms with Crippen molar-refractivity contribution in [2.24, 2.45) is 0 Å². The molecule has 0 aliphatic carbocycles. The average Bonchev–Trinajstić information content (AvgIpc) is 4.06. The maximum Gasteiger partial charge on any atom is 0.262 e. The molecule has 2 aliphatic rings. The van der Waals surface area contributed by atoms with Crippen LogP contribution in [0.25, 0.3) is 43.6 Å². The molecular weight excluding hydrogens is 803 g/mol. The molecule has 318 valence electrons. The Labute approximate surface area is 369 Å². The molecule has 7 aromatic carbocycles. The van der Waals surface area contributed by atoms with Crippen LogP contribution in [0.5, 0.6) is 5.75 Å². The molecule has 0 radical (unpaired) electrons. The first-order valence-electron chi connectivity index (χ1n) is 21.6. The van der Waals surface area contributed by atoms with E-state index in [-0.39, 0.29) is 18.4 Å². The largest absolute Gasteiger partial charge is 0.489 e. The highest BCUT2D eigenvalue weighted by Gasteiger charge is 2.49. The number of fused-ring (bicyclic) bond motifs is 10. The number of rotatable bonds is 14. The van der Waals surface area contributed by atoms with Crippen LogP contribution in [0.2, 0.25) is 0 Å². The van der Waals surface area contributed by atoms with Crippen LogP contribution < -0.4 is 4.74 Å². The molecule has 2 aromatic heterocycles. The fourth-order valence-electron chi connectivity index (χ4n) is 9.41. The minimum Gasteiger partial charge on any atom is -0.489 e. The summed E-state index contributed by atoms with van der Waals surface area (Å²) < 4.78 is 36.1. The zero-order valence-corrected chi connectivity index (χ0v) is 35.2. The van der Waals surface area contributed by atoms with Crippen molar-refractivity contribution in [1.29, 1.82) is 0 Å². The number of aromatic nitrogens is 2. The van der Waals surface area contributed by atoms with Crippen LogP contribution in [-0.2, 0) is 45.4 Å². The summed E-state index contributed by atoms with van der Waals surface area (Å²) in [6.07, 6.45) is -2.55. The molecule has 1 fully saturated rings. The number of carbonyl (C=O) groups is 2. The summed E-state index contributed by atoms with van der Waals surface area (Å²) in [5.74, 6) is -0.0335. The molecule has 4 heterocycles. The van der Waals surface area contributed by atoms with E-state index in [4.69, 9.17) is 23.7 Å². The summed E-state index contributed by atoms with van der Waals surface area (Å²) in [6, 6.07) is 54.0. The number of aromatic amines is 1. The Morgan fingerprint density at radius 2 is 1.12 bits per heavy atom. The molecule has 2 aliphatic heterocycles. The third-order valence-electron chi connectivity index (χ3n) is 12.5. The Kier molecular flexibility index (Phi) is 10.5. The predicted molar refractivity (Wildman–Crippen MR) is 246 cm³/mol. The highest BCUT2D eigenvalue weighted by atomic mass is 16.6. The van der Waals surface area contributed by atoms with Crippen LogP contribution in [0, 0.1) is 0 Å². The fourth-order valence-corrected chi connectivity index (χ4v) is 9.41. The molecule has 2 amide bonds. The number of benzene rings is 7. The Morgan fingerprint density at radius 1 is 0.578 bits per heavy atom. The number of carbonyl (C=O) groups excluding carboxylic acids is 2. The lowest BCUT2D eigenvalue weighted by Crippen LogP contribution is -2.38. The van der Waals surface area contributed by atoms with Gasteiger partial charge >= 0.3 is 0 Å². The zero-order valence-electron chi connectivity index (χ0n) is 35.2. The first-order chi connectivity index (χ1) is 31.5. The van der Waals surface area contributed by atoms with Gasteiger partial charge in [0.15, 0.2) is 6.23 Å². The minimum atomic E-state index is -0.764. The van der Waals surface area contributed by atoms with Gasteiger partial charge in [-0.05, 0) is 40.5 Å². The monoisotopic (exact) mass is 847 g/mol. The topological polar surface area (TPSA) is 104 Å². The zero-order chi connectivity index (χ0) is 43.1. The van der Waals surface area contributed by atoms with Crippen LogP contribution in [0.4, 0.5) is 0 Å². The number of imide groups is 1. The summed E-state index contributed by atoms with van der Waals surface area (Å²) in [7, 11) is 1.55. The van der Waals surface area contributed by atoms with E-state index in [0.29, 0.717) is 59.6 Å². The molecular formula is C54H45N3O7. The summed E-state index contributed by atoms with van der Waals surface area (Å²) >= 11 is 0. The maximum atomic E-state index is 14.4. The van der Waals surface area contributed by atoms with Gasteiger partial charge in [0.25, 0.3) is 11.8 Å². The lowest BCUT2D eigenvalue weighted by Gasteiger charge is -2.26. The van der Waals surface area contributed by atoms with Crippen molar-refractivity contribution in [3.8, 4) is 5.75 Å². The molecule has 9 aromatic rings.